The van der Waals surface area contributed by atoms with E-state index in [2.05, 4.69) is 5.32 Å². The number of halogens is 4. The molecule has 0 bridgehead atoms. The number of alkyl halides is 3. The molecule has 1 heterocycles. The van der Waals surface area contributed by atoms with Crippen molar-refractivity contribution in [2.75, 3.05) is 31.6 Å². The van der Waals surface area contributed by atoms with Gasteiger partial charge in [-0.3, -0.25) is 9.59 Å². The summed E-state index contributed by atoms with van der Waals surface area (Å²) in [5.41, 5.74) is -1.49. The van der Waals surface area contributed by atoms with Crippen LogP contribution in [0.4, 0.5) is 18.9 Å². The van der Waals surface area contributed by atoms with Gasteiger partial charge in [0.15, 0.2) is 0 Å². The molecule has 0 aliphatic carbocycles. The zero-order valence-electron chi connectivity index (χ0n) is 12.0. The van der Waals surface area contributed by atoms with Gasteiger partial charge in [-0.2, -0.15) is 13.2 Å². The van der Waals surface area contributed by atoms with E-state index in [1.54, 1.807) is 0 Å². The number of nitrogens with one attached hydrogen (secondary N) is 1. The number of carbonyl (C=O) groups excluding carboxylic acids is 2. The van der Waals surface area contributed by atoms with Crippen molar-refractivity contribution in [3.8, 4) is 0 Å². The summed E-state index contributed by atoms with van der Waals surface area (Å²) in [4.78, 5) is 25.2. The van der Waals surface area contributed by atoms with Crippen LogP contribution < -0.4 is 5.32 Å². The lowest BCUT2D eigenvalue weighted by molar-refractivity contribution is -0.138. The van der Waals surface area contributed by atoms with E-state index in [1.165, 1.54) is 11.0 Å². The lowest BCUT2D eigenvalue weighted by atomic mass is 10.1. The second-order valence-electron chi connectivity index (χ2n) is 4.91. The number of morpholine rings is 1. The molecule has 1 aromatic rings. The Labute approximate surface area is 135 Å². The number of anilines is 1. The summed E-state index contributed by atoms with van der Waals surface area (Å²) in [5, 5.41) is 2.02. The lowest BCUT2D eigenvalue weighted by Gasteiger charge is -2.26. The maximum atomic E-state index is 12.9. The first kappa shape index (κ1) is 17.6. The molecule has 1 aliphatic rings. The molecule has 1 aliphatic heterocycles. The Morgan fingerprint density at radius 3 is 2.52 bits per heavy atom. The van der Waals surface area contributed by atoms with Crippen molar-refractivity contribution in [2.45, 2.75) is 12.6 Å². The normalized spacial score (nSPS) is 15.4. The molecule has 0 atom stereocenters. The highest BCUT2D eigenvalue weighted by Crippen LogP contribution is 2.36. The molecular weight excluding hydrogens is 337 g/mol. The minimum absolute atomic E-state index is 0.0975. The number of rotatable bonds is 3. The second-order valence-corrected chi connectivity index (χ2v) is 5.34. The number of benzene rings is 1. The van der Waals surface area contributed by atoms with Crippen molar-refractivity contribution in [1.82, 2.24) is 4.90 Å². The number of nitrogens with zero attached hydrogens (tertiary/aromatic N) is 1. The fourth-order valence-corrected chi connectivity index (χ4v) is 2.29. The predicted octanol–water partition coefficient (Wildman–Crippen LogP) is 2.55. The number of hydrogen-bond donors (Lipinski definition) is 1. The van der Waals surface area contributed by atoms with E-state index in [-0.39, 0.29) is 5.02 Å². The SMILES string of the molecule is O=C(CC(=O)N1CCOCC1)Nc1ccc(Cl)cc1C(F)(F)F. The average Bonchev–Trinajstić information content (AvgIpc) is 2.49. The number of amides is 2. The van der Waals surface area contributed by atoms with Crippen molar-refractivity contribution in [2.24, 2.45) is 0 Å². The van der Waals surface area contributed by atoms with Gasteiger partial charge in [0.05, 0.1) is 24.5 Å². The van der Waals surface area contributed by atoms with E-state index in [1.807, 2.05) is 0 Å². The van der Waals surface area contributed by atoms with E-state index < -0.39 is 35.7 Å². The van der Waals surface area contributed by atoms with E-state index >= 15 is 0 Å². The predicted molar refractivity (Wildman–Crippen MR) is 77.1 cm³/mol. The highest BCUT2D eigenvalue weighted by molar-refractivity contribution is 6.30. The number of hydrogen-bond acceptors (Lipinski definition) is 3. The minimum Gasteiger partial charge on any atom is -0.378 e. The standard InChI is InChI=1S/C14H14ClF3N2O3/c15-9-1-2-11(10(7-9)14(16,17)18)19-12(21)8-13(22)20-3-5-23-6-4-20/h1-2,7H,3-6,8H2,(H,19,21). The third kappa shape index (κ3) is 4.84. The quantitative estimate of drug-likeness (QED) is 0.852. The molecule has 1 fully saturated rings. The summed E-state index contributed by atoms with van der Waals surface area (Å²) in [5.74, 6) is -1.26. The van der Waals surface area contributed by atoms with Crippen LogP contribution in [-0.2, 0) is 20.5 Å². The molecule has 0 radical (unpaired) electrons. The van der Waals surface area contributed by atoms with Crippen LogP contribution in [0.25, 0.3) is 0 Å². The van der Waals surface area contributed by atoms with Crippen molar-refractivity contribution in [3.63, 3.8) is 0 Å². The molecule has 23 heavy (non-hydrogen) atoms. The summed E-state index contributed by atoms with van der Waals surface area (Å²) >= 11 is 5.56. The van der Waals surface area contributed by atoms with Crippen LogP contribution in [0.5, 0.6) is 0 Å². The second kappa shape index (κ2) is 7.18. The Hall–Kier alpha value is -1.80. The van der Waals surface area contributed by atoms with Crippen molar-refractivity contribution in [3.05, 3.63) is 28.8 Å². The average molecular weight is 351 g/mol. The summed E-state index contributed by atoms with van der Waals surface area (Å²) in [6.45, 7) is 1.48. The third-order valence-corrected chi connectivity index (χ3v) is 3.47. The van der Waals surface area contributed by atoms with E-state index in [0.717, 1.165) is 12.1 Å². The van der Waals surface area contributed by atoms with Gasteiger partial charge in [-0.05, 0) is 18.2 Å². The summed E-state index contributed by atoms with van der Waals surface area (Å²) in [6, 6.07) is 3.01. The van der Waals surface area contributed by atoms with Crippen molar-refractivity contribution in [1.29, 1.82) is 0 Å². The van der Waals surface area contributed by atoms with Gasteiger partial charge in [-0.25, -0.2) is 0 Å². The van der Waals surface area contributed by atoms with Crippen molar-refractivity contribution >= 4 is 29.1 Å². The van der Waals surface area contributed by atoms with Gasteiger partial charge in [-0.1, -0.05) is 11.6 Å². The Morgan fingerprint density at radius 1 is 1.26 bits per heavy atom. The van der Waals surface area contributed by atoms with E-state index in [4.69, 9.17) is 16.3 Å². The molecule has 1 saturated heterocycles. The van der Waals surface area contributed by atoms with Crippen LogP contribution in [0.15, 0.2) is 18.2 Å². The molecule has 1 N–H and O–H groups in total. The van der Waals surface area contributed by atoms with Gasteiger partial charge < -0.3 is 15.0 Å². The van der Waals surface area contributed by atoms with Crippen LogP contribution in [0.3, 0.4) is 0 Å². The molecule has 126 valence electrons. The molecular formula is C14H14ClF3N2O3. The van der Waals surface area contributed by atoms with Crippen LogP contribution in [0, 0.1) is 0 Å². The molecule has 9 heteroatoms. The highest BCUT2D eigenvalue weighted by Gasteiger charge is 2.34. The smallest absolute Gasteiger partial charge is 0.378 e. The first-order valence-corrected chi connectivity index (χ1v) is 7.17. The minimum atomic E-state index is -4.66. The van der Waals surface area contributed by atoms with Gasteiger partial charge in [0.2, 0.25) is 11.8 Å². The third-order valence-electron chi connectivity index (χ3n) is 3.24. The molecule has 2 amide bonds. The largest absolute Gasteiger partial charge is 0.418 e. The van der Waals surface area contributed by atoms with Gasteiger partial charge in [0.25, 0.3) is 0 Å². The number of ether oxygens (including phenoxy) is 1. The van der Waals surface area contributed by atoms with Crippen LogP contribution >= 0.6 is 11.6 Å². The first-order chi connectivity index (χ1) is 10.8. The Balaban J connectivity index is 2.04. The van der Waals surface area contributed by atoms with Gasteiger partial charge >= 0.3 is 6.18 Å². The maximum Gasteiger partial charge on any atom is 0.418 e. The van der Waals surface area contributed by atoms with Gasteiger partial charge in [-0.15, -0.1) is 0 Å². The van der Waals surface area contributed by atoms with E-state index in [0.29, 0.717) is 26.3 Å². The lowest BCUT2D eigenvalue weighted by Crippen LogP contribution is -2.42. The zero-order valence-corrected chi connectivity index (χ0v) is 12.7. The Kier molecular flexibility index (Phi) is 5.48. The van der Waals surface area contributed by atoms with Gasteiger partial charge in [0, 0.05) is 18.1 Å². The molecule has 0 unspecified atom stereocenters. The topological polar surface area (TPSA) is 58.6 Å². The fraction of sp³-hybridized carbons (Fsp3) is 0.429. The van der Waals surface area contributed by atoms with Crippen molar-refractivity contribution < 1.29 is 27.5 Å². The maximum absolute atomic E-state index is 12.9. The molecule has 5 nitrogen and oxygen atoms in total. The van der Waals surface area contributed by atoms with Gasteiger partial charge in [0.1, 0.15) is 6.42 Å². The van der Waals surface area contributed by atoms with E-state index in [9.17, 15) is 22.8 Å². The molecule has 2 rings (SSSR count). The highest BCUT2D eigenvalue weighted by atomic mass is 35.5. The molecule has 0 saturated carbocycles. The zero-order chi connectivity index (χ0) is 17.0. The summed E-state index contributed by atoms with van der Waals surface area (Å²) < 4.78 is 43.9. The summed E-state index contributed by atoms with van der Waals surface area (Å²) in [6.07, 6.45) is -5.19. The number of carbonyl (C=O) groups is 2. The van der Waals surface area contributed by atoms with Crippen LogP contribution in [0.1, 0.15) is 12.0 Å². The Morgan fingerprint density at radius 2 is 1.91 bits per heavy atom. The molecule has 1 aromatic carbocycles. The first-order valence-electron chi connectivity index (χ1n) is 6.79. The Bertz CT molecular complexity index is 601. The monoisotopic (exact) mass is 350 g/mol. The summed E-state index contributed by atoms with van der Waals surface area (Å²) in [7, 11) is 0. The van der Waals surface area contributed by atoms with Crippen LogP contribution in [0.2, 0.25) is 5.02 Å². The molecule has 0 aromatic heterocycles. The fourth-order valence-electron chi connectivity index (χ4n) is 2.12. The molecule has 0 spiro atoms. The van der Waals surface area contributed by atoms with Crippen LogP contribution in [-0.4, -0.2) is 43.0 Å².